The highest BCUT2D eigenvalue weighted by Gasteiger charge is 2.30. The molecule has 6 rings (SSSR count). The normalized spacial score (nSPS) is 16.9. The Bertz CT molecular complexity index is 1620. The van der Waals surface area contributed by atoms with Gasteiger partial charge in [0.15, 0.2) is 0 Å². The van der Waals surface area contributed by atoms with Crippen LogP contribution in [-0.4, -0.2) is 63.3 Å². The minimum Gasteiger partial charge on any atom is -0.489 e. The molecule has 8 nitrogen and oxygen atoms in total. The van der Waals surface area contributed by atoms with Gasteiger partial charge in [-0.1, -0.05) is 54.1 Å². The number of likely N-dealkylation sites (tertiary alicyclic amines) is 1. The summed E-state index contributed by atoms with van der Waals surface area (Å²) >= 11 is 6.46. The number of Topliss-reactive ketones (excluding diaryl/α,β-unsaturated/α-hetero) is 1. The maximum Gasteiger partial charge on any atom is 0.292 e. The van der Waals surface area contributed by atoms with E-state index in [0.29, 0.717) is 22.9 Å². The van der Waals surface area contributed by atoms with Gasteiger partial charge in [0.2, 0.25) is 5.78 Å². The Morgan fingerprint density at radius 3 is 2.45 bits per heavy atom. The fourth-order valence-electron chi connectivity index (χ4n) is 5.55. The number of halogens is 1. The molecule has 0 spiro atoms. The lowest BCUT2D eigenvalue weighted by atomic mass is 9.99. The number of ether oxygens (including phenoxy) is 1. The average Bonchev–Trinajstić information content (AvgIpc) is 3.58. The van der Waals surface area contributed by atoms with E-state index in [1.165, 1.54) is 0 Å². The third-order valence-electron chi connectivity index (χ3n) is 8.28. The van der Waals surface area contributed by atoms with E-state index in [-0.39, 0.29) is 11.7 Å². The third kappa shape index (κ3) is 6.07. The van der Waals surface area contributed by atoms with E-state index >= 15 is 0 Å². The minimum atomic E-state index is -1.05. The summed E-state index contributed by atoms with van der Waals surface area (Å²) in [5, 5.41) is 20.2. The van der Waals surface area contributed by atoms with Gasteiger partial charge in [-0.25, -0.2) is 0 Å². The van der Waals surface area contributed by atoms with Crippen LogP contribution >= 0.6 is 11.6 Å². The number of aliphatic hydroxyl groups excluding tert-OH is 1. The molecule has 0 bridgehead atoms. The molecule has 0 unspecified atom stereocenters. The summed E-state index contributed by atoms with van der Waals surface area (Å²) in [6.45, 7) is 4.22. The minimum absolute atomic E-state index is 0.203. The predicted octanol–water partition coefficient (Wildman–Crippen LogP) is 5.24. The van der Waals surface area contributed by atoms with Crippen LogP contribution in [-0.2, 0) is 11.8 Å². The number of carbonyl (C=O) groups excluding carboxylic acids is 2. The summed E-state index contributed by atoms with van der Waals surface area (Å²) in [5.74, 6) is -0.817. The van der Waals surface area contributed by atoms with Crippen molar-refractivity contribution in [3.63, 3.8) is 0 Å². The molecular formula is C33H35ClN4O4. The van der Waals surface area contributed by atoms with Gasteiger partial charge in [0.1, 0.15) is 11.9 Å². The summed E-state index contributed by atoms with van der Waals surface area (Å²) in [5.41, 5.74) is 4.74. The number of hydrogen-bond donors (Lipinski definition) is 2. The van der Waals surface area contributed by atoms with E-state index in [0.717, 1.165) is 66.5 Å². The highest BCUT2D eigenvalue weighted by molar-refractivity contribution is 6.42. The molecule has 2 fully saturated rings. The van der Waals surface area contributed by atoms with Crippen molar-refractivity contribution in [3.8, 4) is 16.9 Å². The molecule has 2 heterocycles. The number of benzene rings is 3. The summed E-state index contributed by atoms with van der Waals surface area (Å²) < 4.78 is 7.68. The topological polar surface area (TPSA) is 96.7 Å². The first-order chi connectivity index (χ1) is 20.3. The standard InChI is InChI=1S/C33H35ClN4O4/c1-20-26-13-9-23(18-28(26)36-37(20)2)21-5-7-22(8-6-21)32(40)33(41)35-29(19-38-15-3-4-16-38)31(39)24-10-14-30(27(34)17-24)42-25-11-12-25/h5-10,13-14,17-18,25,29,31,39H,3-4,11-12,15-16,19H2,1-2H3,(H,35,41)/t29-,31-/m1/s1. The summed E-state index contributed by atoms with van der Waals surface area (Å²) in [4.78, 5) is 28.6. The largest absolute Gasteiger partial charge is 0.489 e. The van der Waals surface area contributed by atoms with E-state index in [9.17, 15) is 14.7 Å². The first kappa shape index (κ1) is 28.4. The van der Waals surface area contributed by atoms with Crippen LogP contribution in [0.3, 0.4) is 0 Å². The second-order valence-electron chi connectivity index (χ2n) is 11.4. The molecule has 2 aliphatic rings. The molecule has 1 aliphatic carbocycles. The zero-order chi connectivity index (χ0) is 29.4. The molecule has 1 aromatic heterocycles. The van der Waals surface area contributed by atoms with Crippen molar-refractivity contribution in [2.75, 3.05) is 19.6 Å². The molecule has 1 aliphatic heterocycles. The van der Waals surface area contributed by atoms with E-state index in [1.54, 1.807) is 30.3 Å². The van der Waals surface area contributed by atoms with E-state index in [4.69, 9.17) is 16.3 Å². The lowest BCUT2D eigenvalue weighted by Gasteiger charge is -2.28. The van der Waals surface area contributed by atoms with Crippen LogP contribution in [0.4, 0.5) is 0 Å². The smallest absolute Gasteiger partial charge is 0.292 e. The number of ketones is 1. The van der Waals surface area contributed by atoms with Crippen LogP contribution in [0.25, 0.3) is 22.0 Å². The Hall–Kier alpha value is -3.72. The van der Waals surface area contributed by atoms with Crippen molar-refractivity contribution in [2.45, 2.75) is 50.9 Å². The summed E-state index contributed by atoms with van der Waals surface area (Å²) in [6.07, 6.45) is 3.31. The molecule has 0 radical (unpaired) electrons. The van der Waals surface area contributed by atoms with Gasteiger partial charge in [-0.3, -0.25) is 14.3 Å². The van der Waals surface area contributed by atoms with E-state index in [2.05, 4.69) is 15.3 Å². The number of carbonyl (C=O) groups is 2. The maximum atomic E-state index is 13.2. The highest BCUT2D eigenvalue weighted by atomic mass is 35.5. The van der Waals surface area contributed by atoms with Crippen LogP contribution in [0, 0.1) is 6.92 Å². The molecule has 2 atom stereocenters. The number of fused-ring (bicyclic) bond motifs is 1. The molecule has 42 heavy (non-hydrogen) atoms. The zero-order valence-corrected chi connectivity index (χ0v) is 24.6. The number of hydrogen-bond acceptors (Lipinski definition) is 6. The molecule has 218 valence electrons. The second-order valence-corrected chi connectivity index (χ2v) is 11.8. The number of aliphatic hydroxyl groups is 1. The van der Waals surface area contributed by atoms with Crippen molar-refractivity contribution < 1.29 is 19.4 Å². The van der Waals surface area contributed by atoms with Crippen molar-refractivity contribution in [1.82, 2.24) is 20.0 Å². The molecule has 1 saturated carbocycles. The molecular weight excluding hydrogens is 552 g/mol. The lowest BCUT2D eigenvalue weighted by Crippen LogP contribution is -2.48. The number of aromatic nitrogens is 2. The Balaban J connectivity index is 1.17. The van der Waals surface area contributed by atoms with Gasteiger partial charge in [0.25, 0.3) is 5.91 Å². The quantitative estimate of drug-likeness (QED) is 0.195. The molecule has 3 aromatic carbocycles. The highest BCUT2D eigenvalue weighted by Crippen LogP contribution is 2.34. The van der Waals surface area contributed by atoms with Crippen LogP contribution in [0.15, 0.2) is 60.7 Å². The molecule has 2 N–H and O–H groups in total. The Morgan fingerprint density at radius 2 is 1.76 bits per heavy atom. The lowest BCUT2D eigenvalue weighted by molar-refractivity contribution is -0.118. The van der Waals surface area contributed by atoms with Gasteiger partial charge in [0.05, 0.1) is 22.7 Å². The van der Waals surface area contributed by atoms with Gasteiger partial charge < -0.3 is 20.1 Å². The number of aryl methyl sites for hydroxylation is 2. The van der Waals surface area contributed by atoms with Gasteiger partial charge >= 0.3 is 0 Å². The van der Waals surface area contributed by atoms with Crippen LogP contribution < -0.4 is 10.1 Å². The van der Waals surface area contributed by atoms with Crippen molar-refractivity contribution in [3.05, 3.63) is 82.5 Å². The average molecular weight is 587 g/mol. The van der Waals surface area contributed by atoms with Gasteiger partial charge in [0, 0.05) is 30.2 Å². The Kier molecular flexibility index (Phi) is 8.03. The molecule has 1 amide bonds. The van der Waals surface area contributed by atoms with Crippen molar-refractivity contribution in [2.24, 2.45) is 7.05 Å². The Labute approximate surface area is 250 Å². The van der Waals surface area contributed by atoms with Crippen LogP contribution in [0.5, 0.6) is 5.75 Å². The third-order valence-corrected chi connectivity index (χ3v) is 8.58. The van der Waals surface area contributed by atoms with E-state index < -0.39 is 23.8 Å². The van der Waals surface area contributed by atoms with Gasteiger partial charge in [-0.05, 0) is 80.6 Å². The fraction of sp³-hybridized carbons (Fsp3) is 0.364. The zero-order valence-electron chi connectivity index (χ0n) is 23.8. The number of nitrogens with one attached hydrogen (secondary N) is 1. The molecule has 9 heteroatoms. The second kappa shape index (κ2) is 11.9. The number of nitrogens with zero attached hydrogens (tertiary/aromatic N) is 3. The summed E-state index contributed by atoms with van der Waals surface area (Å²) in [7, 11) is 1.92. The maximum absolute atomic E-state index is 13.2. The SMILES string of the molecule is Cc1c2ccc(-c3ccc(C(=O)C(=O)N[C@H](CN4CCCC4)[C@H](O)c4ccc(OC5CC5)c(Cl)c4)cc3)cc2nn1C. The van der Waals surface area contributed by atoms with Gasteiger partial charge in [-0.15, -0.1) is 0 Å². The Morgan fingerprint density at radius 1 is 1.05 bits per heavy atom. The first-order valence-corrected chi connectivity index (χ1v) is 14.9. The van der Waals surface area contributed by atoms with E-state index in [1.807, 2.05) is 49.0 Å². The fourth-order valence-corrected chi connectivity index (χ4v) is 5.79. The predicted molar refractivity (Wildman–Crippen MR) is 163 cm³/mol. The van der Waals surface area contributed by atoms with Crippen molar-refractivity contribution in [1.29, 1.82) is 0 Å². The molecule has 1 saturated heterocycles. The molecule has 4 aromatic rings. The van der Waals surface area contributed by atoms with Crippen molar-refractivity contribution >= 4 is 34.2 Å². The monoisotopic (exact) mass is 586 g/mol. The van der Waals surface area contributed by atoms with Crippen LogP contribution in [0.1, 0.15) is 53.4 Å². The first-order valence-electron chi connectivity index (χ1n) is 14.5. The number of rotatable bonds is 10. The van der Waals surface area contributed by atoms with Gasteiger partial charge in [-0.2, -0.15) is 5.10 Å². The summed E-state index contributed by atoms with van der Waals surface area (Å²) in [6, 6.07) is 17.6. The van der Waals surface area contributed by atoms with Crippen LogP contribution in [0.2, 0.25) is 5.02 Å². The number of amides is 1.